The molecule has 0 aliphatic carbocycles. The van der Waals surface area contributed by atoms with E-state index in [1.54, 1.807) is 0 Å². The second-order valence-corrected chi connectivity index (χ2v) is 3.29. The van der Waals surface area contributed by atoms with Crippen LogP contribution < -0.4 is 5.32 Å². The highest BCUT2D eigenvalue weighted by Crippen LogP contribution is 2.27. The van der Waals surface area contributed by atoms with Crippen molar-refractivity contribution in [1.82, 2.24) is 5.32 Å². The molecule has 9 heavy (non-hydrogen) atoms. The van der Waals surface area contributed by atoms with E-state index in [1.165, 1.54) is 19.3 Å². The minimum Gasteiger partial charge on any atom is -0.317 e. The van der Waals surface area contributed by atoms with Crippen LogP contribution in [0.3, 0.4) is 0 Å². The molecule has 2 heteroatoms. The molecule has 1 N–H and O–H groups in total. The Balaban J connectivity index is 2.36. The van der Waals surface area contributed by atoms with Crippen molar-refractivity contribution >= 4 is 7.85 Å². The summed E-state index contributed by atoms with van der Waals surface area (Å²) in [6.45, 7) is 4.24. The Morgan fingerprint density at radius 3 is 3.00 bits per heavy atom. The summed E-state index contributed by atoms with van der Waals surface area (Å²) in [5.41, 5.74) is 0. The Labute approximate surface area is 58.6 Å². The SMILES string of the molecule is [B]C1(C)CCCCNC1. The van der Waals surface area contributed by atoms with E-state index in [2.05, 4.69) is 12.2 Å². The zero-order chi connectivity index (χ0) is 6.74. The predicted molar refractivity (Wildman–Crippen MR) is 40.8 cm³/mol. The molecule has 1 atom stereocenters. The molecule has 0 bridgehead atoms. The highest BCUT2D eigenvalue weighted by Gasteiger charge is 2.17. The maximum absolute atomic E-state index is 5.92. The first kappa shape index (κ1) is 7.14. The Kier molecular flexibility index (Phi) is 2.17. The maximum Gasteiger partial charge on any atom is 0.0759 e. The molecule has 0 saturated carbocycles. The summed E-state index contributed by atoms with van der Waals surface area (Å²) in [5, 5.41) is 3.36. The van der Waals surface area contributed by atoms with Crippen LogP contribution in [0.2, 0.25) is 5.31 Å². The molecule has 1 rings (SSSR count). The second-order valence-electron chi connectivity index (χ2n) is 3.29. The van der Waals surface area contributed by atoms with Gasteiger partial charge in [-0.3, -0.25) is 0 Å². The van der Waals surface area contributed by atoms with Gasteiger partial charge in [0.25, 0.3) is 0 Å². The van der Waals surface area contributed by atoms with Crippen molar-refractivity contribution in [3.63, 3.8) is 0 Å². The third kappa shape index (κ3) is 2.40. The lowest BCUT2D eigenvalue weighted by atomic mass is 9.68. The lowest BCUT2D eigenvalue weighted by molar-refractivity contribution is 0.549. The highest BCUT2D eigenvalue weighted by molar-refractivity contribution is 6.15. The first-order valence-corrected chi connectivity index (χ1v) is 3.70. The third-order valence-electron chi connectivity index (χ3n) is 1.88. The van der Waals surface area contributed by atoms with Crippen molar-refractivity contribution in [1.29, 1.82) is 0 Å². The van der Waals surface area contributed by atoms with E-state index in [0.29, 0.717) is 0 Å². The highest BCUT2D eigenvalue weighted by atomic mass is 14.9. The van der Waals surface area contributed by atoms with Gasteiger partial charge in [0.05, 0.1) is 7.85 Å². The lowest BCUT2D eigenvalue weighted by Crippen LogP contribution is -2.24. The Bertz CT molecular complexity index is 80.9. The molecule has 1 nitrogen and oxygen atoms in total. The van der Waals surface area contributed by atoms with Crippen molar-refractivity contribution in [3.8, 4) is 0 Å². The summed E-state index contributed by atoms with van der Waals surface area (Å²) < 4.78 is 0. The van der Waals surface area contributed by atoms with Crippen molar-refractivity contribution < 1.29 is 0 Å². The molecule has 0 aromatic rings. The molecule has 1 unspecified atom stereocenters. The van der Waals surface area contributed by atoms with Gasteiger partial charge >= 0.3 is 0 Å². The molecule has 1 aliphatic rings. The van der Waals surface area contributed by atoms with E-state index in [1.807, 2.05) is 0 Å². The largest absolute Gasteiger partial charge is 0.317 e. The van der Waals surface area contributed by atoms with Gasteiger partial charge in [-0.25, -0.2) is 0 Å². The number of hydrogen-bond acceptors (Lipinski definition) is 1. The van der Waals surface area contributed by atoms with E-state index in [-0.39, 0.29) is 5.31 Å². The van der Waals surface area contributed by atoms with Gasteiger partial charge in [-0.2, -0.15) is 0 Å². The van der Waals surface area contributed by atoms with E-state index in [9.17, 15) is 0 Å². The monoisotopic (exact) mass is 123 g/mol. The molecule has 1 heterocycles. The smallest absolute Gasteiger partial charge is 0.0759 e. The van der Waals surface area contributed by atoms with Crippen molar-refractivity contribution in [2.45, 2.75) is 31.5 Å². The topological polar surface area (TPSA) is 12.0 Å². The maximum atomic E-state index is 5.92. The Morgan fingerprint density at radius 1 is 1.44 bits per heavy atom. The molecule has 1 saturated heterocycles. The molecule has 0 aromatic heterocycles. The van der Waals surface area contributed by atoms with Gasteiger partial charge in [-0.05, 0) is 19.5 Å². The van der Waals surface area contributed by atoms with Gasteiger partial charge in [0.15, 0.2) is 0 Å². The van der Waals surface area contributed by atoms with Crippen LogP contribution in [0, 0.1) is 0 Å². The molecule has 1 aliphatic heterocycles. The zero-order valence-corrected chi connectivity index (χ0v) is 6.11. The summed E-state index contributed by atoms with van der Waals surface area (Å²) in [6.07, 6.45) is 3.73. The van der Waals surface area contributed by atoms with Gasteiger partial charge in [-0.15, -0.1) is 0 Å². The zero-order valence-electron chi connectivity index (χ0n) is 6.11. The molecule has 50 valence electrons. The molecule has 0 amide bonds. The molecule has 1 fully saturated rings. The number of hydrogen-bond donors (Lipinski definition) is 1. The average molecular weight is 123 g/mol. The van der Waals surface area contributed by atoms with Crippen LogP contribution in [0.4, 0.5) is 0 Å². The van der Waals surface area contributed by atoms with Crippen LogP contribution in [0.5, 0.6) is 0 Å². The van der Waals surface area contributed by atoms with Crippen LogP contribution in [0.1, 0.15) is 26.2 Å². The van der Waals surface area contributed by atoms with Crippen molar-refractivity contribution in [3.05, 3.63) is 0 Å². The van der Waals surface area contributed by atoms with Gasteiger partial charge < -0.3 is 5.32 Å². The fourth-order valence-electron chi connectivity index (χ4n) is 1.24. The van der Waals surface area contributed by atoms with Gasteiger partial charge in [-0.1, -0.05) is 25.1 Å². The van der Waals surface area contributed by atoms with Crippen LogP contribution in [0.15, 0.2) is 0 Å². The predicted octanol–water partition coefficient (Wildman–Crippen LogP) is 1.11. The van der Waals surface area contributed by atoms with Gasteiger partial charge in [0, 0.05) is 0 Å². The first-order valence-electron chi connectivity index (χ1n) is 3.70. The third-order valence-corrected chi connectivity index (χ3v) is 1.88. The average Bonchev–Trinajstić information content (AvgIpc) is 1.92. The summed E-state index contributed by atoms with van der Waals surface area (Å²) in [7, 11) is 5.92. The van der Waals surface area contributed by atoms with Crippen molar-refractivity contribution in [2.24, 2.45) is 0 Å². The normalized spacial score (nSPS) is 37.9. The summed E-state index contributed by atoms with van der Waals surface area (Å²) in [4.78, 5) is 0. The van der Waals surface area contributed by atoms with Crippen LogP contribution in [-0.4, -0.2) is 20.9 Å². The Hall–Kier alpha value is 0.0249. The second kappa shape index (κ2) is 2.74. The van der Waals surface area contributed by atoms with E-state index < -0.39 is 0 Å². The standard InChI is InChI=1S/C7H14BN/c1-7(8)4-2-3-5-9-6-7/h9H,2-6H2,1H3. The summed E-state index contributed by atoms with van der Waals surface area (Å²) in [5.74, 6) is 0. The number of nitrogens with one attached hydrogen (secondary N) is 1. The fraction of sp³-hybridized carbons (Fsp3) is 1.00. The van der Waals surface area contributed by atoms with Gasteiger partial charge in [0.1, 0.15) is 0 Å². The van der Waals surface area contributed by atoms with Crippen LogP contribution in [0.25, 0.3) is 0 Å². The molecule has 0 spiro atoms. The molecule has 2 radical (unpaired) electrons. The van der Waals surface area contributed by atoms with E-state index in [0.717, 1.165) is 13.1 Å². The lowest BCUT2D eigenvalue weighted by Gasteiger charge is -2.21. The van der Waals surface area contributed by atoms with Gasteiger partial charge in [0.2, 0.25) is 0 Å². The quantitative estimate of drug-likeness (QED) is 0.475. The van der Waals surface area contributed by atoms with Crippen LogP contribution in [-0.2, 0) is 0 Å². The molecular weight excluding hydrogens is 109 g/mol. The van der Waals surface area contributed by atoms with E-state index in [4.69, 9.17) is 7.85 Å². The minimum atomic E-state index is 0.0521. The van der Waals surface area contributed by atoms with Crippen LogP contribution >= 0.6 is 0 Å². The van der Waals surface area contributed by atoms with E-state index >= 15 is 0 Å². The minimum absolute atomic E-state index is 0.0521. The fourth-order valence-corrected chi connectivity index (χ4v) is 1.24. The summed E-state index contributed by atoms with van der Waals surface area (Å²) >= 11 is 0. The van der Waals surface area contributed by atoms with Crippen molar-refractivity contribution in [2.75, 3.05) is 13.1 Å². The Morgan fingerprint density at radius 2 is 2.22 bits per heavy atom. The molecular formula is C7H14BN. The molecule has 0 aromatic carbocycles. The number of rotatable bonds is 0. The summed E-state index contributed by atoms with van der Waals surface area (Å²) in [6, 6.07) is 0. The first-order chi connectivity index (χ1) is 4.21.